The average molecular weight is 1180 g/mol. The van der Waals surface area contributed by atoms with Crippen LogP contribution in [0.1, 0.15) is 62.3 Å². The van der Waals surface area contributed by atoms with Crippen molar-refractivity contribution < 1.29 is 221 Å². The zero-order valence-electron chi connectivity index (χ0n) is 45.5. The number of aromatic nitrogens is 6. The van der Waals surface area contributed by atoms with Gasteiger partial charge in [0.1, 0.15) is 84.4 Å². The molecule has 4 aliphatic heterocycles. The molecular weight excluding hydrogens is 1110 g/mol. The van der Waals surface area contributed by atoms with Gasteiger partial charge in [-0.3, -0.25) is 28.8 Å². The van der Waals surface area contributed by atoms with Crippen LogP contribution in [0.25, 0.3) is 22.1 Å². The summed E-state index contributed by atoms with van der Waals surface area (Å²) < 4.78 is 50.3. The molecule has 34 heteroatoms. The van der Waals surface area contributed by atoms with Gasteiger partial charge < -0.3 is 111 Å². The van der Waals surface area contributed by atoms with Crippen molar-refractivity contribution in [1.82, 2.24) is 29.1 Å². The number of hydrogen-bond acceptors (Lipinski definition) is 30. The minimum Gasteiger partial charge on any atom is -1.00 e. The zero-order chi connectivity index (χ0) is 57.4. The molecule has 0 radical (unpaired) electrons. The molecule has 430 valence electrons. The van der Waals surface area contributed by atoms with E-state index in [9.17, 15) is 39.3 Å². The molecular formula is C45H64K2N8O24. The van der Waals surface area contributed by atoms with Crippen LogP contribution in [-0.4, -0.2) is 201 Å². The van der Waals surface area contributed by atoms with Crippen LogP contribution in [0.2, 0.25) is 0 Å². The van der Waals surface area contributed by atoms with Gasteiger partial charge in [-0.25, -0.2) is 19.9 Å². The fourth-order valence-corrected chi connectivity index (χ4v) is 7.94. The molecule has 4 saturated heterocycles. The van der Waals surface area contributed by atoms with Crippen molar-refractivity contribution >= 4 is 70.0 Å². The summed E-state index contributed by atoms with van der Waals surface area (Å²) in [5, 5.41) is 74.1. The van der Waals surface area contributed by atoms with E-state index in [2.05, 4.69) is 29.6 Å². The monoisotopic (exact) mass is 1180 g/mol. The van der Waals surface area contributed by atoms with Crippen molar-refractivity contribution in [2.75, 3.05) is 37.9 Å². The van der Waals surface area contributed by atoms with Gasteiger partial charge in [0.25, 0.3) is 6.47 Å². The molecule has 0 spiro atoms. The summed E-state index contributed by atoms with van der Waals surface area (Å²) in [4.78, 5) is 83.7. The number of anilines is 2. The number of fused-ring (bicyclic) bond motifs is 2. The Morgan fingerprint density at radius 1 is 0.570 bits per heavy atom. The van der Waals surface area contributed by atoms with Gasteiger partial charge in [-0.1, -0.05) is 13.8 Å². The van der Waals surface area contributed by atoms with Crippen LogP contribution in [0.5, 0.6) is 0 Å². The minimum absolute atomic E-state index is 0. The molecule has 8 rings (SSSR count). The molecule has 0 saturated carbocycles. The maximum Gasteiger partial charge on any atom is 1.00 e. The standard InChI is InChI=1S/C16H20N4O5.C12H18O7.C11H14N4O4.C5H10O5.CH2O3.2K.H/c1-8-6-23-16(13(25-10(3)22)12(8)24-9(2)21)20-5-4-11-14(17)18-7-19-15(11)20;1-6-5-16-12(19-9(4)15)11(18-8(3)14)10(6)17-7(2)13;12-9-5-1-2-15(10(5)14-4-13-9)11-8(18)7(17)6(16)3-19-11;6-2-1-10-5(9)4(8)3(2)7;2-1-4-3;;;/h4-5,7-8,12-13,16H,6H2,1-3H3,(H2,17,18,19);6,10-12H,5H2,1-4H3;1-2,4,6-8,11,16-18H,3H2,(H2,12,13,14);2-9H,1H2;1,3H;;;/q;;;;;2*+1;-1/p-1/t8-,12+,13-,16-;6-,10+,11-,12?;6-,7+,8-,11-;2-,3+,4-,5?;;;;/m1111..../s1. The predicted molar refractivity (Wildman–Crippen MR) is 252 cm³/mol. The molecule has 4 aromatic heterocycles. The van der Waals surface area contributed by atoms with E-state index in [1.807, 2.05) is 6.92 Å². The van der Waals surface area contributed by atoms with E-state index in [4.69, 9.17) is 79.8 Å². The number of rotatable bonds is 8. The number of nitrogen functional groups attached to an aromatic ring is 2. The van der Waals surface area contributed by atoms with Gasteiger partial charge in [0.05, 0.1) is 37.2 Å². The Hall–Kier alpha value is -3.55. The average Bonchev–Trinajstić information content (AvgIpc) is 4.01. The van der Waals surface area contributed by atoms with E-state index < -0.39 is 116 Å². The van der Waals surface area contributed by atoms with Crippen molar-refractivity contribution in [3.63, 3.8) is 0 Å². The number of aliphatic hydroxyl groups excluding tert-OH is 7. The maximum absolute atomic E-state index is 11.6. The number of nitrogens with two attached hydrogens (primary N) is 2. The van der Waals surface area contributed by atoms with Crippen LogP contribution < -0.4 is 119 Å². The molecule has 0 aliphatic carbocycles. The third kappa shape index (κ3) is 20.1. The first-order valence-corrected chi connectivity index (χ1v) is 23.3. The molecule has 0 bridgehead atoms. The number of ether oxygens (including phenoxy) is 9. The Morgan fingerprint density at radius 2 is 0.949 bits per heavy atom. The van der Waals surface area contributed by atoms with Crippen LogP contribution >= 0.6 is 0 Å². The number of carbonyl (C=O) groups excluding carboxylic acids is 6. The van der Waals surface area contributed by atoms with Crippen molar-refractivity contribution in [3.8, 4) is 0 Å². The topological polar surface area (TPSA) is 473 Å². The first-order valence-electron chi connectivity index (χ1n) is 23.3. The van der Waals surface area contributed by atoms with Crippen molar-refractivity contribution in [1.29, 1.82) is 0 Å². The normalized spacial score (nSPS) is 29.8. The van der Waals surface area contributed by atoms with E-state index in [0.717, 1.165) is 0 Å². The Balaban J connectivity index is 0.000000532. The Bertz CT molecular complexity index is 2590. The van der Waals surface area contributed by atoms with E-state index in [1.54, 1.807) is 40.6 Å². The number of hydrogen-bond donors (Lipinski definition) is 9. The van der Waals surface area contributed by atoms with Gasteiger partial charge in [0.2, 0.25) is 12.4 Å². The molecule has 11 N–H and O–H groups in total. The second-order valence-corrected chi connectivity index (χ2v) is 17.5. The van der Waals surface area contributed by atoms with E-state index >= 15 is 0 Å². The third-order valence-corrected chi connectivity index (χ3v) is 11.5. The molecule has 0 amide bonds. The second kappa shape index (κ2) is 34.2. The summed E-state index contributed by atoms with van der Waals surface area (Å²) in [5.74, 6) is -2.23. The van der Waals surface area contributed by atoms with Crippen molar-refractivity contribution in [3.05, 3.63) is 37.2 Å². The van der Waals surface area contributed by atoms with Gasteiger partial charge >= 0.3 is 133 Å². The van der Waals surface area contributed by atoms with Crippen LogP contribution in [0.15, 0.2) is 37.2 Å². The summed E-state index contributed by atoms with van der Waals surface area (Å²) in [6, 6.07) is 3.47. The molecule has 8 heterocycles. The number of carbonyl (C=O) groups is 6. The van der Waals surface area contributed by atoms with E-state index in [0.29, 0.717) is 40.3 Å². The van der Waals surface area contributed by atoms with Gasteiger partial charge in [0, 0.05) is 58.8 Å². The van der Waals surface area contributed by atoms with Gasteiger partial charge in [-0.2, -0.15) is 0 Å². The molecule has 0 aromatic carbocycles. The van der Waals surface area contributed by atoms with Crippen LogP contribution in [-0.2, 0) is 76.3 Å². The van der Waals surface area contributed by atoms with Crippen LogP contribution in [0.3, 0.4) is 0 Å². The zero-order valence-corrected chi connectivity index (χ0v) is 50.8. The number of esters is 5. The van der Waals surface area contributed by atoms with Crippen LogP contribution in [0.4, 0.5) is 11.6 Å². The largest absolute Gasteiger partial charge is 1.00 e. The summed E-state index contributed by atoms with van der Waals surface area (Å²) in [7, 11) is 0. The fourth-order valence-electron chi connectivity index (χ4n) is 7.94. The summed E-state index contributed by atoms with van der Waals surface area (Å²) in [6.45, 7) is 10.1. The van der Waals surface area contributed by atoms with Gasteiger partial charge in [0.15, 0.2) is 24.8 Å². The molecule has 4 fully saturated rings. The number of aliphatic hydroxyl groups is 7. The van der Waals surface area contributed by atoms with Gasteiger partial charge in [-0.15, -0.1) is 0 Å². The smallest absolute Gasteiger partial charge is 1.00 e. The van der Waals surface area contributed by atoms with E-state index in [-0.39, 0.29) is 142 Å². The molecule has 4 aromatic rings. The molecule has 4 aliphatic rings. The second-order valence-electron chi connectivity index (χ2n) is 17.5. The predicted octanol–water partition coefficient (Wildman–Crippen LogP) is -9.96. The first-order chi connectivity index (χ1) is 36.3. The maximum atomic E-state index is 11.6. The quantitative estimate of drug-likeness (QED) is 0.0198. The Kier molecular flexibility index (Phi) is 30.9. The number of nitrogens with zero attached hydrogens (tertiary/aromatic N) is 6. The summed E-state index contributed by atoms with van der Waals surface area (Å²) >= 11 is 0. The molecule has 16 atom stereocenters. The fraction of sp³-hybridized carbons (Fsp3) is 0.600. The molecule has 79 heavy (non-hydrogen) atoms. The molecule has 2 unspecified atom stereocenters. The third-order valence-electron chi connectivity index (χ3n) is 11.5. The van der Waals surface area contributed by atoms with Gasteiger partial charge in [-0.05, 0) is 12.1 Å². The Labute approximate surface area is 536 Å². The Morgan fingerprint density at radius 3 is 1.39 bits per heavy atom. The van der Waals surface area contributed by atoms with E-state index in [1.165, 1.54) is 47.3 Å². The molecule has 32 nitrogen and oxygen atoms in total. The van der Waals surface area contributed by atoms with Crippen LogP contribution in [0, 0.1) is 11.8 Å². The minimum atomic E-state index is -1.41. The summed E-state index contributed by atoms with van der Waals surface area (Å²) in [5.41, 5.74) is 12.6. The summed E-state index contributed by atoms with van der Waals surface area (Å²) in [6.07, 6.45) is -8.52. The SMILES string of the molecule is CC(=O)OC1OC[C@@H](C)[C@H](OC(C)=O)[C@H]1OC(C)=O.CC(=O)O[C@@H]1[C@@H](OC(C)=O)[C@H](n2ccc3c(N)ncnc32)OC[C@H]1C.Nc1ncnc2c1ccn2[C@@H]1OC[C@@H](O)[C@H](O)[C@H]1O.O=CO[O-].OC1OC[C@@H](O)[C@H](O)[C@H]1O.[H-].[K+].[K+]. The van der Waals surface area contributed by atoms with Crippen molar-refractivity contribution in [2.24, 2.45) is 11.8 Å². The van der Waals surface area contributed by atoms with Crippen molar-refractivity contribution in [2.45, 2.75) is 135 Å². The first kappa shape index (κ1) is 71.6.